The van der Waals surface area contributed by atoms with Crippen LogP contribution in [0.3, 0.4) is 0 Å². The van der Waals surface area contributed by atoms with Crippen molar-refractivity contribution in [2.75, 3.05) is 5.75 Å². The summed E-state index contributed by atoms with van der Waals surface area (Å²) < 4.78 is 6.11. The maximum Gasteiger partial charge on any atom is 0.303 e. The van der Waals surface area contributed by atoms with Crippen molar-refractivity contribution >= 4 is 32.6 Å². The Labute approximate surface area is 145 Å². The van der Waals surface area contributed by atoms with Crippen LogP contribution < -0.4 is 0 Å². The number of ketones is 1. The van der Waals surface area contributed by atoms with E-state index < -0.39 is 15.0 Å². The summed E-state index contributed by atoms with van der Waals surface area (Å²) in [4.78, 5) is 23.7. The number of hydrogen-bond acceptors (Lipinski definition) is 4. The normalized spacial score (nSPS) is 18.9. The van der Waals surface area contributed by atoms with Gasteiger partial charge in [0, 0.05) is 18.8 Å². The summed E-state index contributed by atoms with van der Waals surface area (Å²) in [6.45, 7) is 10.7. The highest BCUT2D eigenvalue weighted by molar-refractivity contribution is 8.04. The molecule has 0 fully saturated rings. The van der Waals surface area contributed by atoms with E-state index in [2.05, 4.69) is 33.9 Å². The third kappa shape index (κ3) is 6.71. The van der Waals surface area contributed by atoms with Crippen molar-refractivity contribution in [1.82, 2.24) is 0 Å². The van der Waals surface area contributed by atoms with E-state index >= 15 is 0 Å². The van der Waals surface area contributed by atoms with Gasteiger partial charge in [-0.3, -0.25) is 9.59 Å². The van der Waals surface area contributed by atoms with Crippen molar-refractivity contribution in [3.8, 4) is 0 Å². The predicted octanol–water partition coefficient (Wildman–Crippen LogP) is 4.48. The molecule has 6 heteroatoms. The molecule has 1 N–H and O–H groups in total. The first kappa shape index (κ1) is 20.3. The van der Waals surface area contributed by atoms with Crippen molar-refractivity contribution in [3.63, 3.8) is 0 Å². The van der Waals surface area contributed by atoms with Crippen LogP contribution in [0.4, 0.5) is 0 Å². The molecule has 1 aliphatic carbocycles. The lowest BCUT2D eigenvalue weighted by Gasteiger charge is -2.29. The number of aliphatic carboxylic acids is 1. The Bertz CT molecular complexity index is 466. The average Bonchev–Trinajstić information content (AvgIpc) is 2.70. The third-order valence-electron chi connectivity index (χ3n) is 3.82. The fraction of sp³-hybridized carbons (Fsp3) is 0.765. The van der Waals surface area contributed by atoms with Crippen molar-refractivity contribution < 1.29 is 19.1 Å². The van der Waals surface area contributed by atoms with Crippen LogP contribution in [0.1, 0.15) is 52.9 Å². The van der Waals surface area contributed by atoms with E-state index in [9.17, 15) is 9.59 Å². The number of allylic oxidation sites excluding steroid dienone is 2. The average molecular weight is 358 g/mol. The molecule has 0 aromatic rings. The van der Waals surface area contributed by atoms with Gasteiger partial charge in [0.05, 0.1) is 4.91 Å². The molecule has 0 saturated heterocycles. The van der Waals surface area contributed by atoms with E-state index in [1.165, 1.54) is 0 Å². The Morgan fingerprint density at radius 2 is 1.96 bits per heavy atom. The fourth-order valence-electron chi connectivity index (χ4n) is 2.58. The quantitative estimate of drug-likeness (QED) is 0.487. The van der Waals surface area contributed by atoms with Crippen LogP contribution in [0.25, 0.3) is 0 Å². The fourth-order valence-corrected chi connectivity index (χ4v) is 4.47. The summed E-state index contributed by atoms with van der Waals surface area (Å²) in [7, 11) is -0.902. The lowest BCUT2D eigenvalue weighted by atomic mass is 9.79. The molecule has 1 atom stereocenters. The second kappa shape index (κ2) is 8.92. The van der Waals surface area contributed by atoms with Crippen molar-refractivity contribution in [1.29, 1.82) is 0 Å². The molecule has 0 aromatic carbocycles. The second-order valence-corrected chi connectivity index (χ2v) is 10.4. The molecule has 1 aliphatic rings. The molecular formula is C17H29O4SSi. The van der Waals surface area contributed by atoms with Gasteiger partial charge in [0.1, 0.15) is 5.76 Å². The van der Waals surface area contributed by atoms with Crippen LogP contribution in [0.5, 0.6) is 0 Å². The Balaban J connectivity index is 2.66. The number of carboxylic acid groups (broad SMARTS) is 1. The van der Waals surface area contributed by atoms with Crippen LogP contribution in [0.2, 0.25) is 13.1 Å². The smallest absolute Gasteiger partial charge is 0.303 e. The third-order valence-corrected chi connectivity index (χ3v) is 5.66. The van der Waals surface area contributed by atoms with E-state index in [4.69, 9.17) is 9.53 Å². The number of Topliss-reactive ketones (excluding diaryl/α,β-unsaturated/α-hetero) is 1. The number of thioether (sulfide) groups is 1. The lowest BCUT2D eigenvalue weighted by molar-refractivity contribution is -0.137. The largest absolute Gasteiger partial charge is 0.544 e. The summed E-state index contributed by atoms with van der Waals surface area (Å²) in [6, 6.07) is 0. The van der Waals surface area contributed by atoms with Crippen LogP contribution in [-0.4, -0.2) is 31.7 Å². The van der Waals surface area contributed by atoms with E-state index in [0.717, 1.165) is 29.3 Å². The number of unbranched alkanes of at least 4 members (excludes halogenated alkanes) is 2. The minimum atomic E-state index is -0.902. The first-order valence-corrected chi connectivity index (χ1v) is 11.6. The van der Waals surface area contributed by atoms with Crippen molar-refractivity contribution in [2.45, 2.75) is 66.0 Å². The van der Waals surface area contributed by atoms with E-state index in [1.54, 1.807) is 11.8 Å². The van der Waals surface area contributed by atoms with Gasteiger partial charge in [-0.1, -0.05) is 27.2 Å². The molecule has 131 valence electrons. The van der Waals surface area contributed by atoms with Crippen molar-refractivity contribution in [3.05, 3.63) is 10.7 Å². The molecule has 0 bridgehead atoms. The standard InChI is InChI=1S/C17H29O4SSi/c1-17(2,3)12-11-13(18)16(15(12)21-23(4)5)22-10-8-6-7-9-14(19)20/h12H,6-11H2,1-5H3,(H,19,20). The molecule has 23 heavy (non-hydrogen) atoms. The monoisotopic (exact) mass is 357 g/mol. The van der Waals surface area contributed by atoms with Gasteiger partial charge in [0.25, 0.3) is 9.04 Å². The topological polar surface area (TPSA) is 63.6 Å². The molecule has 0 spiro atoms. The van der Waals surface area contributed by atoms with Gasteiger partial charge >= 0.3 is 5.97 Å². The minimum Gasteiger partial charge on any atom is -0.544 e. The van der Waals surface area contributed by atoms with Gasteiger partial charge < -0.3 is 9.53 Å². The zero-order chi connectivity index (χ0) is 17.6. The van der Waals surface area contributed by atoms with Gasteiger partial charge in [0.2, 0.25) is 0 Å². The molecule has 1 rings (SSSR count). The molecule has 0 amide bonds. The number of carboxylic acids is 1. The first-order valence-electron chi connectivity index (χ1n) is 8.23. The van der Waals surface area contributed by atoms with E-state index in [0.29, 0.717) is 12.8 Å². The molecule has 0 aromatic heterocycles. The van der Waals surface area contributed by atoms with Gasteiger partial charge in [-0.05, 0) is 37.1 Å². The second-order valence-electron chi connectivity index (χ2n) is 7.30. The summed E-state index contributed by atoms with van der Waals surface area (Å²) >= 11 is 1.59. The van der Waals surface area contributed by atoms with Crippen LogP contribution in [0, 0.1) is 11.3 Å². The molecule has 1 unspecified atom stereocenters. The molecule has 4 nitrogen and oxygen atoms in total. The van der Waals surface area contributed by atoms with Crippen molar-refractivity contribution in [2.24, 2.45) is 11.3 Å². The summed E-state index contributed by atoms with van der Waals surface area (Å²) in [6.07, 6.45) is 3.29. The Hall–Kier alpha value is -0.753. The molecule has 1 radical (unpaired) electrons. The number of carbonyl (C=O) groups is 2. The van der Waals surface area contributed by atoms with Crippen LogP contribution >= 0.6 is 11.8 Å². The van der Waals surface area contributed by atoms with Gasteiger partial charge in [-0.15, -0.1) is 11.8 Å². The Morgan fingerprint density at radius 3 is 2.48 bits per heavy atom. The summed E-state index contributed by atoms with van der Waals surface area (Å²) in [5.74, 6) is 1.40. The van der Waals surface area contributed by atoms with E-state index in [1.807, 2.05) is 0 Å². The lowest BCUT2D eigenvalue weighted by Crippen LogP contribution is -2.24. The van der Waals surface area contributed by atoms with Crippen LogP contribution in [0.15, 0.2) is 10.7 Å². The molecule has 0 heterocycles. The zero-order valence-electron chi connectivity index (χ0n) is 14.9. The number of carbonyl (C=O) groups excluding carboxylic acids is 1. The highest BCUT2D eigenvalue weighted by atomic mass is 32.2. The number of hydrogen-bond donors (Lipinski definition) is 1. The maximum atomic E-state index is 12.4. The molecular weight excluding hydrogens is 328 g/mol. The summed E-state index contributed by atoms with van der Waals surface area (Å²) in [5.41, 5.74) is 0.0199. The maximum absolute atomic E-state index is 12.4. The van der Waals surface area contributed by atoms with Gasteiger partial charge in [0.15, 0.2) is 5.78 Å². The highest BCUT2D eigenvalue weighted by Crippen LogP contribution is 2.45. The SMILES string of the molecule is C[Si](C)OC1=C(SCCCCCC(=O)O)C(=O)CC1C(C)(C)C. The number of rotatable bonds is 9. The Kier molecular flexibility index (Phi) is 7.87. The van der Waals surface area contributed by atoms with Gasteiger partial charge in [-0.25, -0.2) is 0 Å². The first-order chi connectivity index (χ1) is 10.6. The Morgan fingerprint density at radius 1 is 1.30 bits per heavy atom. The molecule has 0 saturated carbocycles. The predicted molar refractivity (Wildman–Crippen MR) is 96.7 cm³/mol. The van der Waals surface area contributed by atoms with E-state index in [-0.39, 0.29) is 23.5 Å². The summed E-state index contributed by atoms with van der Waals surface area (Å²) in [5, 5.41) is 8.63. The molecule has 0 aliphatic heterocycles. The zero-order valence-corrected chi connectivity index (χ0v) is 16.7. The van der Waals surface area contributed by atoms with Gasteiger partial charge in [-0.2, -0.15) is 0 Å². The minimum absolute atomic E-state index is 0.0199. The van der Waals surface area contributed by atoms with Crippen LogP contribution in [-0.2, 0) is 14.0 Å². The highest BCUT2D eigenvalue weighted by Gasteiger charge is 2.40.